The van der Waals surface area contributed by atoms with Crippen LogP contribution in [0.25, 0.3) is 0 Å². The van der Waals surface area contributed by atoms with Crippen molar-refractivity contribution < 1.29 is 14.6 Å². The van der Waals surface area contributed by atoms with Gasteiger partial charge in [-0.3, -0.25) is 30.4 Å². The summed E-state index contributed by atoms with van der Waals surface area (Å²) in [6.45, 7) is 2.73. The normalized spacial score (nSPS) is 10.9. The Morgan fingerprint density at radius 2 is 1.84 bits per heavy atom. The van der Waals surface area contributed by atoms with Gasteiger partial charge in [0.2, 0.25) is 0 Å². The first kappa shape index (κ1) is 14.2. The quantitative estimate of drug-likeness (QED) is 0.492. The molecule has 0 radical (unpaired) electrons. The van der Waals surface area contributed by atoms with Crippen LogP contribution in [0.2, 0.25) is 0 Å². The number of Topliss-reactive ketones (excluding diaryl/α,β-unsaturated/α-hetero) is 1. The average Bonchev–Trinajstić information content (AvgIpc) is 2.35. The SMILES string of the molecule is CC(=O)/C(C)=N/Nc1ccc([N+](=O)[O-])cc1[N+](=O)[O-]. The highest BCUT2D eigenvalue weighted by atomic mass is 16.6. The lowest BCUT2D eigenvalue weighted by molar-refractivity contribution is -0.393. The highest BCUT2D eigenvalue weighted by Crippen LogP contribution is 2.28. The van der Waals surface area contributed by atoms with E-state index >= 15 is 0 Å². The minimum Gasteiger partial charge on any atom is -0.293 e. The van der Waals surface area contributed by atoms with Crippen molar-refractivity contribution in [2.75, 3.05) is 5.43 Å². The van der Waals surface area contributed by atoms with Crippen LogP contribution in [0.1, 0.15) is 13.8 Å². The molecule has 0 aliphatic heterocycles. The number of nitrogens with one attached hydrogen (secondary N) is 1. The molecule has 100 valence electrons. The Kier molecular flexibility index (Phi) is 4.24. The molecule has 0 aromatic heterocycles. The number of ketones is 1. The molecule has 9 heteroatoms. The largest absolute Gasteiger partial charge is 0.301 e. The van der Waals surface area contributed by atoms with E-state index < -0.39 is 21.2 Å². The molecule has 1 aromatic carbocycles. The van der Waals surface area contributed by atoms with E-state index in [-0.39, 0.29) is 17.2 Å². The summed E-state index contributed by atoms with van der Waals surface area (Å²) >= 11 is 0. The monoisotopic (exact) mass is 266 g/mol. The summed E-state index contributed by atoms with van der Waals surface area (Å²) in [7, 11) is 0. The Hall–Kier alpha value is -2.84. The molecule has 0 aliphatic carbocycles. The van der Waals surface area contributed by atoms with Crippen LogP contribution in [0.3, 0.4) is 0 Å². The molecule has 1 aromatic rings. The van der Waals surface area contributed by atoms with Crippen LogP contribution in [-0.2, 0) is 4.79 Å². The molecular weight excluding hydrogens is 256 g/mol. The molecule has 0 fully saturated rings. The molecule has 0 amide bonds. The standard InChI is InChI=1S/C10H10N4O5/c1-6(7(2)15)11-12-9-4-3-8(13(16)17)5-10(9)14(18)19/h3-5,12H,1-2H3/b11-6+. The Morgan fingerprint density at radius 3 is 2.32 bits per heavy atom. The van der Waals surface area contributed by atoms with Gasteiger partial charge in [0, 0.05) is 13.0 Å². The van der Waals surface area contributed by atoms with Gasteiger partial charge in [-0.1, -0.05) is 0 Å². The number of hydrogen-bond donors (Lipinski definition) is 1. The molecule has 0 saturated carbocycles. The highest BCUT2D eigenvalue weighted by Gasteiger charge is 2.19. The lowest BCUT2D eigenvalue weighted by Gasteiger charge is -2.02. The number of carbonyl (C=O) groups is 1. The summed E-state index contributed by atoms with van der Waals surface area (Å²) in [4.78, 5) is 30.8. The van der Waals surface area contributed by atoms with E-state index in [1.54, 1.807) is 0 Å². The first-order valence-corrected chi connectivity index (χ1v) is 5.07. The van der Waals surface area contributed by atoms with Gasteiger partial charge in [0.25, 0.3) is 5.69 Å². The summed E-state index contributed by atoms with van der Waals surface area (Å²) in [6.07, 6.45) is 0. The molecule has 0 bridgehead atoms. The highest BCUT2D eigenvalue weighted by molar-refractivity contribution is 6.38. The van der Waals surface area contributed by atoms with Crippen molar-refractivity contribution in [2.45, 2.75) is 13.8 Å². The van der Waals surface area contributed by atoms with Gasteiger partial charge in [-0.15, -0.1) is 0 Å². The first-order chi connectivity index (χ1) is 8.82. The summed E-state index contributed by atoms with van der Waals surface area (Å²) in [5.74, 6) is -0.294. The van der Waals surface area contributed by atoms with E-state index in [1.807, 2.05) is 0 Å². The fraction of sp³-hybridized carbons (Fsp3) is 0.200. The zero-order valence-electron chi connectivity index (χ0n) is 10.1. The van der Waals surface area contributed by atoms with Crippen LogP contribution in [0, 0.1) is 20.2 Å². The van der Waals surface area contributed by atoms with Gasteiger partial charge in [0.1, 0.15) is 11.4 Å². The topological polar surface area (TPSA) is 128 Å². The van der Waals surface area contributed by atoms with E-state index in [2.05, 4.69) is 10.5 Å². The Labute approximate surface area is 107 Å². The first-order valence-electron chi connectivity index (χ1n) is 5.07. The van der Waals surface area contributed by atoms with Gasteiger partial charge in [0.05, 0.1) is 15.9 Å². The van der Waals surface area contributed by atoms with Crippen molar-refractivity contribution in [1.82, 2.24) is 0 Å². The lowest BCUT2D eigenvalue weighted by Crippen LogP contribution is -2.08. The molecule has 0 saturated heterocycles. The zero-order valence-corrected chi connectivity index (χ0v) is 10.1. The second-order valence-corrected chi connectivity index (χ2v) is 3.58. The molecule has 1 rings (SSSR count). The second-order valence-electron chi connectivity index (χ2n) is 3.58. The third kappa shape index (κ3) is 3.56. The number of nitro groups is 2. The third-order valence-corrected chi connectivity index (χ3v) is 2.24. The maximum Gasteiger partial charge on any atom is 0.301 e. The molecular formula is C10H10N4O5. The summed E-state index contributed by atoms with van der Waals surface area (Å²) in [6, 6.07) is 3.09. The number of non-ortho nitro benzene ring substituents is 1. The third-order valence-electron chi connectivity index (χ3n) is 2.24. The maximum absolute atomic E-state index is 10.9. The van der Waals surface area contributed by atoms with E-state index in [1.165, 1.54) is 13.8 Å². The fourth-order valence-corrected chi connectivity index (χ4v) is 1.10. The number of rotatable bonds is 5. The van der Waals surface area contributed by atoms with Crippen LogP contribution < -0.4 is 5.43 Å². The van der Waals surface area contributed by atoms with Crippen molar-refractivity contribution >= 4 is 28.6 Å². The second kappa shape index (κ2) is 5.67. The van der Waals surface area contributed by atoms with Gasteiger partial charge in [-0.05, 0) is 13.0 Å². The Balaban J connectivity index is 3.14. The molecule has 1 N–H and O–H groups in total. The van der Waals surface area contributed by atoms with E-state index in [9.17, 15) is 25.0 Å². The van der Waals surface area contributed by atoms with Gasteiger partial charge in [-0.2, -0.15) is 5.10 Å². The molecule has 0 spiro atoms. The van der Waals surface area contributed by atoms with Crippen LogP contribution in [0.5, 0.6) is 0 Å². The van der Waals surface area contributed by atoms with Gasteiger partial charge < -0.3 is 0 Å². The smallest absolute Gasteiger partial charge is 0.293 e. The maximum atomic E-state index is 10.9. The molecule has 0 heterocycles. The summed E-state index contributed by atoms with van der Waals surface area (Å²) in [5, 5.41) is 25.0. The van der Waals surface area contributed by atoms with Crippen LogP contribution >= 0.6 is 0 Å². The number of anilines is 1. The number of nitro benzene ring substituents is 2. The van der Waals surface area contributed by atoms with Gasteiger partial charge >= 0.3 is 5.69 Å². The van der Waals surface area contributed by atoms with Crippen LogP contribution in [-0.4, -0.2) is 21.3 Å². The number of hydrogen-bond acceptors (Lipinski definition) is 7. The molecule has 0 atom stereocenters. The number of benzene rings is 1. The Bertz CT molecular complexity index is 581. The number of carbonyl (C=O) groups excluding carboxylic acids is 1. The van der Waals surface area contributed by atoms with Crippen LogP contribution in [0.4, 0.5) is 17.1 Å². The van der Waals surface area contributed by atoms with E-state index in [4.69, 9.17) is 0 Å². The molecule has 0 unspecified atom stereocenters. The zero-order chi connectivity index (χ0) is 14.6. The molecule has 9 nitrogen and oxygen atoms in total. The van der Waals surface area contributed by atoms with Crippen molar-refractivity contribution in [3.63, 3.8) is 0 Å². The van der Waals surface area contributed by atoms with Crippen molar-refractivity contribution in [3.8, 4) is 0 Å². The van der Waals surface area contributed by atoms with Crippen molar-refractivity contribution in [1.29, 1.82) is 0 Å². The minimum absolute atomic E-state index is 0.0313. The Morgan fingerprint density at radius 1 is 1.21 bits per heavy atom. The van der Waals surface area contributed by atoms with E-state index in [0.717, 1.165) is 18.2 Å². The van der Waals surface area contributed by atoms with E-state index in [0.29, 0.717) is 0 Å². The summed E-state index contributed by atoms with van der Waals surface area (Å²) in [5.41, 5.74) is 1.56. The summed E-state index contributed by atoms with van der Waals surface area (Å²) < 4.78 is 0. The van der Waals surface area contributed by atoms with Crippen molar-refractivity contribution in [2.24, 2.45) is 5.10 Å². The predicted molar refractivity (Wildman–Crippen MR) is 67.2 cm³/mol. The van der Waals surface area contributed by atoms with Crippen molar-refractivity contribution in [3.05, 3.63) is 38.4 Å². The number of nitrogens with zero attached hydrogens (tertiary/aromatic N) is 3. The van der Waals surface area contributed by atoms with Gasteiger partial charge in [0.15, 0.2) is 5.78 Å². The average molecular weight is 266 g/mol. The van der Waals surface area contributed by atoms with Gasteiger partial charge in [-0.25, -0.2) is 0 Å². The molecule has 19 heavy (non-hydrogen) atoms. The lowest BCUT2D eigenvalue weighted by atomic mass is 10.2. The number of hydrazone groups is 1. The predicted octanol–water partition coefficient (Wildman–Crippen LogP) is 1.88. The minimum atomic E-state index is -0.770. The fourth-order valence-electron chi connectivity index (χ4n) is 1.10. The molecule has 0 aliphatic rings. The van der Waals surface area contributed by atoms with Crippen LogP contribution in [0.15, 0.2) is 23.3 Å².